The molecule has 2 aromatic rings. The molecule has 1 atom stereocenters. The van der Waals surface area contributed by atoms with Crippen molar-refractivity contribution in [3.05, 3.63) is 65.7 Å². The number of nitrogens with one attached hydrogen (secondary N) is 1. The summed E-state index contributed by atoms with van der Waals surface area (Å²) in [7, 11) is -3.51. The summed E-state index contributed by atoms with van der Waals surface area (Å²) in [6.07, 6.45) is 2.28. The van der Waals surface area contributed by atoms with E-state index in [0.717, 1.165) is 11.1 Å². The Balaban J connectivity index is 2.14. The Morgan fingerprint density at radius 1 is 0.971 bits per heavy atom. The third kappa shape index (κ3) is 9.02. The van der Waals surface area contributed by atoms with Gasteiger partial charge in [0.2, 0.25) is 21.8 Å². The Morgan fingerprint density at radius 2 is 1.57 bits per heavy atom. The van der Waals surface area contributed by atoms with E-state index in [1.54, 1.807) is 24.0 Å². The average molecular weight is 502 g/mol. The van der Waals surface area contributed by atoms with Gasteiger partial charge in [0.15, 0.2) is 0 Å². The van der Waals surface area contributed by atoms with Gasteiger partial charge >= 0.3 is 0 Å². The molecule has 7 nitrogen and oxygen atoms in total. The van der Waals surface area contributed by atoms with E-state index in [2.05, 4.69) is 5.32 Å². The van der Waals surface area contributed by atoms with Gasteiger partial charge in [-0.25, -0.2) is 8.42 Å². The molecule has 0 bridgehead atoms. The highest BCUT2D eigenvalue weighted by Gasteiger charge is 2.28. The van der Waals surface area contributed by atoms with E-state index in [1.807, 2.05) is 70.2 Å². The highest BCUT2D eigenvalue weighted by Crippen LogP contribution is 2.22. The van der Waals surface area contributed by atoms with Crippen molar-refractivity contribution in [3.63, 3.8) is 0 Å². The normalized spacial score (nSPS) is 12.6. The summed E-state index contributed by atoms with van der Waals surface area (Å²) in [5.74, 6) is -0.382. The molecule has 0 aliphatic heterocycles. The molecule has 0 spiro atoms. The van der Waals surface area contributed by atoms with Crippen molar-refractivity contribution < 1.29 is 18.0 Å². The summed E-state index contributed by atoms with van der Waals surface area (Å²) in [6.45, 7) is 9.89. The van der Waals surface area contributed by atoms with Gasteiger partial charge in [-0.1, -0.05) is 48.5 Å². The lowest BCUT2D eigenvalue weighted by atomic mass is 10.1. The van der Waals surface area contributed by atoms with Crippen molar-refractivity contribution >= 4 is 27.5 Å². The average Bonchev–Trinajstić information content (AvgIpc) is 2.76. The largest absolute Gasteiger partial charge is 0.350 e. The van der Waals surface area contributed by atoms with Crippen molar-refractivity contribution in [2.75, 3.05) is 23.7 Å². The van der Waals surface area contributed by atoms with Gasteiger partial charge in [0.1, 0.15) is 6.04 Å². The van der Waals surface area contributed by atoms with Gasteiger partial charge in [0.05, 0.1) is 11.9 Å². The SMILES string of the molecule is Cc1ccccc1N(CCCC(=O)N(CCc1ccccc1)C(C)C(=O)NC(C)(C)C)S(C)(=O)=O. The molecule has 0 heterocycles. The molecule has 192 valence electrons. The minimum atomic E-state index is -3.51. The van der Waals surface area contributed by atoms with Crippen molar-refractivity contribution in [2.24, 2.45) is 0 Å². The Labute approximate surface area is 210 Å². The van der Waals surface area contributed by atoms with Crippen LogP contribution in [-0.4, -0.2) is 56.1 Å². The van der Waals surface area contributed by atoms with Crippen LogP contribution in [0, 0.1) is 6.92 Å². The number of aryl methyl sites for hydroxylation is 1. The van der Waals surface area contributed by atoms with Crippen LogP contribution >= 0.6 is 0 Å². The summed E-state index contributed by atoms with van der Waals surface area (Å²) in [6, 6.07) is 16.5. The van der Waals surface area contributed by atoms with E-state index < -0.39 is 21.6 Å². The number of anilines is 1. The van der Waals surface area contributed by atoms with Crippen molar-refractivity contribution in [2.45, 2.75) is 65.5 Å². The van der Waals surface area contributed by atoms with E-state index in [1.165, 1.54) is 10.6 Å². The fraction of sp³-hybridized carbons (Fsp3) is 0.481. The maximum absolute atomic E-state index is 13.3. The predicted molar refractivity (Wildman–Crippen MR) is 142 cm³/mol. The number of rotatable bonds is 11. The lowest BCUT2D eigenvalue weighted by molar-refractivity contribution is -0.140. The molecular formula is C27H39N3O4S. The number of carbonyl (C=O) groups excluding carboxylic acids is 2. The lowest BCUT2D eigenvalue weighted by Gasteiger charge is -2.32. The maximum Gasteiger partial charge on any atom is 0.242 e. The second-order valence-electron chi connectivity index (χ2n) is 9.96. The van der Waals surface area contributed by atoms with E-state index in [9.17, 15) is 18.0 Å². The fourth-order valence-corrected chi connectivity index (χ4v) is 4.89. The molecule has 0 saturated heterocycles. The molecule has 8 heteroatoms. The third-order valence-corrected chi connectivity index (χ3v) is 6.87. The smallest absolute Gasteiger partial charge is 0.242 e. The quantitative estimate of drug-likeness (QED) is 0.506. The van der Waals surface area contributed by atoms with Crippen LogP contribution in [0.1, 0.15) is 51.7 Å². The van der Waals surface area contributed by atoms with E-state index in [-0.39, 0.29) is 24.8 Å². The minimum Gasteiger partial charge on any atom is -0.350 e. The van der Waals surface area contributed by atoms with Gasteiger partial charge in [-0.3, -0.25) is 13.9 Å². The molecule has 2 aromatic carbocycles. The Kier molecular flexibility index (Phi) is 9.89. The number of nitrogens with zero attached hydrogens (tertiary/aromatic N) is 2. The van der Waals surface area contributed by atoms with Gasteiger partial charge in [0.25, 0.3) is 0 Å². The second-order valence-corrected chi connectivity index (χ2v) is 11.9. The maximum atomic E-state index is 13.3. The molecule has 0 fully saturated rings. The number of hydrogen-bond donors (Lipinski definition) is 1. The molecule has 0 saturated carbocycles. The van der Waals surface area contributed by atoms with E-state index in [4.69, 9.17) is 0 Å². The highest BCUT2D eigenvalue weighted by atomic mass is 32.2. The second kappa shape index (κ2) is 12.2. The third-order valence-electron chi connectivity index (χ3n) is 5.69. The molecule has 0 radical (unpaired) electrons. The standard InChI is InChI=1S/C27H39N3O4S/c1-21-13-10-11-16-24(21)30(35(6,33)34)19-12-17-25(31)29(20-18-23-14-8-7-9-15-23)22(2)26(32)28-27(3,4)5/h7-11,13-16,22H,12,17-20H2,1-6H3,(H,28,32). The molecule has 35 heavy (non-hydrogen) atoms. The molecule has 1 unspecified atom stereocenters. The van der Waals surface area contributed by atoms with Crippen LogP contribution in [0.15, 0.2) is 54.6 Å². The summed E-state index contributed by atoms with van der Waals surface area (Å²) in [5, 5.41) is 2.95. The first kappa shape index (κ1) is 28.4. The first-order valence-electron chi connectivity index (χ1n) is 12.0. The molecule has 0 aromatic heterocycles. The van der Waals surface area contributed by atoms with Crippen LogP contribution in [0.3, 0.4) is 0 Å². The summed E-state index contributed by atoms with van der Waals surface area (Å²) >= 11 is 0. The molecule has 0 aliphatic carbocycles. The van der Waals surface area contributed by atoms with Crippen molar-refractivity contribution in [1.82, 2.24) is 10.2 Å². The molecule has 2 amide bonds. The molecular weight excluding hydrogens is 462 g/mol. The zero-order valence-corrected chi connectivity index (χ0v) is 22.6. The topological polar surface area (TPSA) is 86.8 Å². The van der Waals surface area contributed by atoms with Crippen LogP contribution in [0.2, 0.25) is 0 Å². The lowest BCUT2D eigenvalue weighted by Crippen LogP contribution is -2.53. The van der Waals surface area contributed by atoms with Crippen molar-refractivity contribution in [3.8, 4) is 0 Å². The zero-order chi connectivity index (χ0) is 26.2. The minimum absolute atomic E-state index is 0.139. The first-order chi connectivity index (χ1) is 16.3. The van der Waals surface area contributed by atoms with Gasteiger partial charge in [-0.05, 0) is 64.7 Å². The van der Waals surface area contributed by atoms with E-state index >= 15 is 0 Å². The van der Waals surface area contributed by atoms with Gasteiger partial charge in [-0.2, -0.15) is 0 Å². The Morgan fingerprint density at radius 3 is 2.14 bits per heavy atom. The highest BCUT2D eigenvalue weighted by molar-refractivity contribution is 7.92. The number of hydrogen-bond acceptors (Lipinski definition) is 4. The van der Waals surface area contributed by atoms with Gasteiger partial charge in [-0.15, -0.1) is 0 Å². The number of benzene rings is 2. The molecule has 0 aliphatic rings. The fourth-order valence-electron chi connectivity index (χ4n) is 3.87. The Bertz CT molecular complexity index is 1090. The zero-order valence-electron chi connectivity index (χ0n) is 21.7. The monoisotopic (exact) mass is 501 g/mol. The van der Waals surface area contributed by atoms with Gasteiger partial charge < -0.3 is 10.2 Å². The summed E-state index contributed by atoms with van der Waals surface area (Å²) < 4.78 is 26.3. The van der Waals surface area contributed by atoms with E-state index in [0.29, 0.717) is 25.1 Å². The van der Waals surface area contributed by atoms with Crippen molar-refractivity contribution in [1.29, 1.82) is 0 Å². The van der Waals surface area contributed by atoms with Crippen LogP contribution in [0.25, 0.3) is 0 Å². The number of sulfonamides is 1. The number of carbonyl (C=O) groups is 2. The van der Waals surface area contributed by atoms with Crippen LogP contribution in [-0.2, 0) is 26.0 Å². The first-order valence-corrected chi connectivity index (χ1v) is 13.8. The molecule has 1 N–H and O–H groups in total. The van der Waals surface area contributed by atoms with Crippen LogP contribution < -0.4 is 9.62 Å². The number of para-hydroxylation sites is 1. The predicted octanol–water partition coefficient (Wildman–Crippen LogP) is 3.92. The van der Waals surface area contributed by atoms with Crippen LogP contribution in [0.4, 0.5) is 5.69 Å². The summed E-state index contributed by atoms with van der Waals surface area (Å²) in [4.78, 5) is 27.8. The van der Waals surface area contributed by atoms with Gasteiger partial charge in [0, 0.05) is 25.0 Å². The summed E-state index contributed by atoms with van der Waals surface area (Å²) in [5.41, 5.74) is 2.13. The molecule has 2 rings (SSSR count). The van der Waals surface area contributed by atoms with Crippen LogP contribution in [0.5, 0.6) is 0 Å². The number of amides is 2. The Hall–Kier alpha value is -2.87.